The minimum Gasteiger partial charge on any atom is -0.351 e. The molecule has 0 saturated carbocycles. The van der Waals surface area contributed by atoms with Crippen molar-refractivity contribution in [3.05, 3.63) is 38.8 Å². The van der Waals surface area contributed by atoms with E-state index in [0.717, 1.165) is 0 Å². The van der Waals surface area contributed by atoms with Crippen LogP contribution in [0.2, 0.25) is 0 Å². The molecule has 1 aromatic carbocycles. The van der Waals surface area contributed by atoms with Gasteiger partial charge in [0.2, 0.25) is 5.91 Å². The molecule has 1 N–H and O–H groups in total. The molecule has 0 aliphatic rings. The average molecular weight is 320 g/mol. The smallest absolute Gasteiger partial charge is 0.328 e. The summed E-state index contributed by atoms with van der Waals surface area (Å²) < 4.78 is 2.97. The molecule has 0 unspecified atom stereocenters. The van der Waals surface area contributed by atoms with E-state index in [1.165, 1.54) is 28.2 Å². The first-order chi connectivity index (χ1) is 10.6. The number of aromatic nitrogens is 2. The first-order valence-corrected chi connectivity index (χ1v) is 7.25. The number of rotatable bonds is 5. The number of hydrogen-bond acceptors (Lipinski definition) is 4. The first kappa shape index (κ1) is 16.7. The van der Waals surface area contributed by atoms with Gasteiger partial charge in [0.05, 0.1) is 16.0 Å². The molecule has 0 fully saturated rings. The largest absolute Gasteiger partial charge is 0.351 e. The second-order valence-corrected chi connectivity index (χ2v) is 6.24. The molecular formula is C15H20N4O4. The molecule has 0 bridgehead atoms. The van der Waals surface area contributed by atoms with Crippen LogP contribution in [0.5, 0.6) is 0 Å². The van der Waals surface area contributed by atoms with Gasteiger partial charge in [0.15, 0.2) is 0 Å². The Morgan fingerprint density at radius 1 is 1.35 bits per heavy atom. The third kappa shape index (κ3) is 3.41. The summed E-state index contributed by atoms with van der Waals surface area (Å²) in [5.41, 5.74) is 0.383. The van der Waals surface area contributed by atoms with Gasteiger partial charge in [0.25, 0.3) is 5.69 Å². The Hall–Kier alpha value is -2.64. The lowest BCUT2D eigenvalue weighted by atomic mass is 10.0. The molecule has 0 aliphatic carbocycles. The van der Waals surface area contributed by atoms with Crippen molar-refractivity contribution in [3.8, 4) is 0 Å². The van der Waals surface area contributed by atoms with E-state index in [2.05, 4.69) is 5.32 Å². The van der Waals surface area contributed by atoms with Gasteiger partial charge < -0.3 is 5.32 Å². The van der Waals surface area contributed by atoms with E-state index < -0.39 is 10.5 Å². The lowest BCUT2D eigenvalue weighted by molar-refractivity contribution is -0.384. The summed E-state index contributed by atoms with van der Waals surface area (Å²) in [5.74, 6) is -0.143. The summed E-state index contributed by atoms with van der Waals surface area (Å²) in [7, 11) is 1.63. The number of nitro benzene ring substituents is 1. The molecule has 0 radical (unpaired) electrons. The van der Waals surface area contributed by atoms with Crippen LogP contribution in [0.4, 0.5) is 5.69 Å². The van der Waals surface area contributed by atoms with Gasteiger partial charge in [-0.25, -0.2) is 4.79 Å². The van der Waals surface area contributed by atoms with Crippen LogP contribution in [-0.2, 0) is 18.4 Å². The molecule has 1 aromatic heterocycles. The predicted molar refractivity (Wildman–Crippen MR) is 86.3 cm³/mol. The second kappa shape index (κ2) is 5.86. The molecule has 1 amide bonds. The number of benzene rings is 1. The van der Waals surface area contributed by atoms with Gasteiger partial charge in [-0.15, -0.1) is 0 Å². The van der Waals surface area contributed by atoms with E-state index in [0.29, 0.717) is 24.0 Å². The van der Waals surface area contributed by atoms with Crippen molar-refractivity contribution in [2.75, 3.05) is 0 Å². The van der Waals surface area contributed by atoms with Crippen LogP contribution in [0, 0.1) is 10.1 Å². The summed E-state index contributed by atoms with van der Waals surface area (Å²) in [6.07, 6.45) is 0.522. The normalized spacial score (nSPS) is 11.7. The second-order valence-electron chi connectivity index (χ2n) is 6.24. The van der Waals surface area contributed by atoms with Gasteiger partial charge in [-0.05, 0) is 26.3 Å². The summed E-state index contributed by atoms with van der Waals surface area (Å²) in [4.78, 5) is 34.1. The fourth-order valence-corrected chi connectivity index (χ4v) is 2.66. The van der Waals surface area contributed by atoms with Gasteiger partial charge in [-0.2, -0.15) is 0 Å². The summed E-state index contributed by atoms with van der Waals surface area (Å²) in [5, 5.41) is 13.8. The van der Waals surface area contributed by atoms with E-state index in [9.17, 15) is 19.7 Å². The highest BCUT2D eigenvalue weighted by Crippen LogP contribution is 2.21. The van der Waals surface area contributed by atoms with Gasteiger partial charge in [0.1, 0.15) is 0 Å². The van der Waals surface area contributed by atoms with Crippen LogP contribution in [0.25, 0.3) is 11.0 Å². The molecule has 8 heteroatoms. The number of amides is 1. The summed E-state index contributed by atoms with van der Waals surface area (Å²) in [6, 6.07) is 4.36. The number of carbonyl (C=O) groups excluding carboxylic acids is 1. The number of fused-ring (bicyclic) bond motifs is 1. The van der Waals surface area contributed by atoms with Gasteiger partial charge in [0, 0.05) is 38.2 Å². The molecule has 1 heterocycles. The third-order valence-corrected chi connectivity index (χ3v) is 3.81. The molecule has 8 nitrogen and oxygen atoms in total. The van der Waals surface area contributed by atoms with Crippen molar-refractivity contribution in [2.24, 2.45) is 7.05 Å². The SMILES string of the molecule is CC(=O)NC(C)(C)CCn1c(=O)n(C)c2ccc([N+](=O)[O-])cc21. The molecular weight excluding hydrogens is 300 g/mol. The standard InChI is InChI=1S/C15H20N4O4/c1-10(20)16-15(2,3)7-8-18-13-9-11(19(22)23)5-6-12(13)17(4)14(18)21/h5-6,9H,7-8H2,1-4H3,(H,16,20). The molecule has 2 aromatic rings. The zero-order valence-corrected chi connectivity index (χ0v) is 13.6. The van der Waals surface area contributed by atoms with Crippen LogP contribution in [0.3, 0.4) is 0 Å². The maximum absolute atomic E-state index is 12.4. The first-order valence-electron chi connectivity index (χ1n) is 7.25. The Morgan fingerprint density at radius 2 is 2.00 bits per heavy atom. The Morgan fingerprint density at radius 3 is 2.57 bits per heavy atom. The molecule has 124 valence electrons. The zero-order chi connectivity index (χ0) is 17.4. The minimum atomic E-state index is -0.484. The van der Waals surface area contributed by atoms with Crippen molar-refractivity contribution < 1.29 is 9.72 Å². The predicted octanol–water partition coefficient (Wildman–Crippen LogP) is 1.55. The number of aryl methyl sites for hydroxylation is 2. The third-order valence-electron chi connectivity index (χ3n) is 3.81. The zero-order valence-electron chi connectivity index (χ0n) is 13.6. The Balaban J connectivity index is 2.42. The van der Waals surface area contributed by atoms with E-state index in [1.54, 1.807) is 13.1 Å². The number of nitrogens with one attached hydrogen (secondary N) is 1. The fraction of sp³-hybridized carbons (Fsp3) is 0.467. The van der Waals surface area contributed by atoms with Crippen molar-refractivity contribution >= 4 is 22.6 Å². The monoisotopic (exact) mass is 320 g/mol. The van der Waals surface area contributed by atoms with Crippen molar-refractivity contribution in [3.63, 3.8) is 0 Å². The van der Waals surface area contributed by atoms with E-state index in [4.69, 9.17) is 0 Å². The van der Waals surface area contributed by atoms with Gasteiger partial charge in [-0.3, -0.25) is 24.0 Å². The summed E-state index contributed by atoms with van der Waals surface area (Å²) in [6.45, 7) is 5.53. The van der Waals surface area contributed by atoms with Crippen LogP contribution >= 0.6 is 0 Å². The van der Waals surface area contributed by atoms with Crippen LogP contribution in [-0.4, -0.2) is 25.5 Å². The van der Waals surface area contributed by atoms with Gasteiger partial charge >= 0.3 is 5.69 Å². The van der Waals surface area contributed by atoms with Crippen LogP contribution < -0.4 is 11.0 Å². The van der Waals surface area contributed by atoms with Crippen LogP contribution in [0.1, 0.15) is 27.2 Å². The number of carbonyl (C=O) groups is 1. The molecule has 23 heavy (non-hydrogen) atoms. The Bertz CT molecular complexity index is 832. The Kier molecular flexibility index (Phi) is 4.26. The highest BCUT2D eigenvalue weighted by Gasteiger charge is 2.21. The number of nitro groups is 1. The fourth-order valence-electron chi connectivity index (χ4n) is 2.66. The number of imidazole rings is 1. The molecule has 0 atom stereocenters. The maximum atomic E-state index is 12.4. The summed E-state index contributed by atoms with van der Waals surface area (Å²) >= 11 is 0. The molecule has 0 saturated heterocycles. The van der Waals surface area contributed by atoms with Crippen molar-refractivity contribution in [2.45, 2.75) is 39.3 Å². The Labute approximate surface area is 132 Å². The van der Waals surface area contributed by atoms with Crippen LogP contribution in [0.15, 0.2) is 23.0 Å². The quantitative estimate of drug-likeness (QED) is 0.667. The highest BCUT2D eigenvalue weighted by atomic mass is 16.6. The highest BCUT2D eigenvalue weighted by molar-refractivity contribution is 5.78. The van der Waals surface area contributed by atoms with E-state index >= 15 is 0 Å². The lowest BCUT2D eigenvalue weighted by Crippen LogP contribution is -2.43. The number of nitrogens with zero attached hydrogens (tertiary/aromatic N) is 3. The van der Waals surface area contributed by atoms with E-state index in [1.807, 2.05) is 13.8 Å². The number of hydrogen-bond donors (Lipinski definition) is 1. The topological polar surface area (TPSA) is 99.2 Å². The lowest BCUT2D eigenvalue weighted by Gasteiger charge is -2.25. The minimum absolute atomic E-state index is 0.0574. The van der Waals surface area contributed by atoms with E-state index in [-0.39, 0.29) is 17.3 Å². The van der Waals surface area contributed by atoms with Crippen molar-refractivity contribution in [1.82, 2.24) is 14.5 Å². The average Bonchev–Trinajstić information content (AvgIpc) is 2.67. The molecule has 0 spiro atoms. The van der Waals surface area contributed by atoms with Gasteiger partial charge in [-0.1, -0.05) is 0 Å². The van der Waals surface area contributed by atoms with Crippen molar-refractivity contribution in [1.29, 1.82) is 0 Å². The maximum Gasteiger partial charge on any atom is 0.328 e. The number of non-ortho nitro benzene ring substituents is 1. The molecule has 2 rings (SSSR count). The molecule has 0 aliphatic heterocycles.